The number of hydrogen-bond acceptors (Lipinski definition) is 2. The van der Waals surface area contributed by atoms with Gasteiger partial charge in [0.1, 0.15) is 0 Å². The van der Waals surface area contributed by atoms with Crippen molar-refractivity contribution in [2.45, 2.75) is 45.3 Å². The molecule has 1 unspecified atom stereocenters. The van der Waals surface area contributed by atoms with Gasteiger partial charge in [-0.25, -0.2) is 0 Å². The van der Waals surface area contributed by atoms with Crippen LogP contribution in [-0.4, -0.2) is 24.3 Å². The summed E-state index contributed by atoms with van der Waals surface area (Å²) in [7, 11) is 1.94. The Bertz CT molecular complexity index is 136. The van der Waals surface area contributed by atoms with E-state index in [4.69, 9.17) is 0 Å². The number of rotatable bonds is 2. The van der Waals surface area contributed by atoms with Crippen LogP contribution in [0.3, 0.4) is 0 Å². The Hall–Kier alpha value is -0.0800. The maximum Gasteiger partial charge on any atom is 0.0723 e. The van der Waals surface area contributed by atoms with Crippen LogP contribution >= 0.6 is 0 Å². The molecule has 1 fully saturated rings. The summed E-state index contributed by atoms with van der Waals surface area (Å²) in [5.41, 5.74) is 0. The van der Waals surface area contributed by atoms with Gasteiger partial charge in [-0.05, 0) is 31.7 Å². The fraction of sp³-hybridized carbons (Fsp3) is 1.00. The quantitative estimate of drug-likeness (QED) is 0.658. The lowest BCUT2D eigenvalue weighted by Crippen LogP contribution is -2.46. The van der Waals surface area contributed by atoms with Gasteiger partial charge in [0.05, 0.1) is 6.10 Å². The molecular formula is C10H21NO. The van der Waals surface area contributed by atoms with Crippen molar-refractivity contribution in [3.8, 4) is 0 Å². The molecule has 0 amide bonds. The average Bonchev–Trinajstić information content (AvgIpc) is 2.04. The van der Waals surface area contributed by atoms with Crippen LogP contribution < -0.4 is 5.32 Å². The van der Waals surface area contributed by atoms with Crippen LogP contribution in [0, 0.1) is 11.8 Å². The summed E-state index contributed by atoms with van der Waals surface area (Å²) in [6.45, 7) is 4.40. The van der Waals surface area contributed by atoms with Crippen molar-refractivity contribution in [2.24, 2.45) is 11.8 Å². The van der Waals surface area contributed by atoms with Crippen LogP contribution in [0.5, 0.6) is 0 Å². The van der Waals surface area contributed by atoms with Gasteiger partial charge < -0.3 is 10.4 Å². The monoisotopic (exact) mass is 171 g/mol. The summed E-state index contributed by atoms with van der Waals surface area (Å²) in [5, 5.41) is 13.1. The molecule has 1 aliphatic rings. The fourth-order valence-electron chi connectivity index (χ4n) is 2.26. The maximum absolute atomic E-state index is 9.94. The van der Waals surface area contributed by atoms with E-state index < -0.39 is 0 Å². The number of aliphatic hydroxyl groups is 1. The molecule has 0 saturated heterocycles. The first-order valence-corrected chi connectivity index (χ1v) is 5.02. The predicted octanol–water partition coefficient (Wildman–Crippen LogP) is 1.39. The molecule has 1 aliphatic carbocycles. The molecule has 72 valence electrons. The highest BCUT2D eigenvalue weighted by Gasteiger charge is 2.32. The Balaban J connectivity index is 2.53. The van der Waals surface area contributed by atoms with Crippen molar-refractivity contribution >= 4 is 0 Å². The second kappa shape index (κ2) is 4.24. The molecule has 2 heteroatoms. The lowest BCUT2D eigenvalue weighted by molar-refractivity contribution is 0.0190. The zero-order valence-electron chi connectivity index (χ0n) is 8.38. The van der Waals surface area contributed by atoms with Crippen molar-refractivity contribution in [3.05, 3.63) is 0 Å². The van der Waals surface area contributed by atoms with E-state index in [9.17, 15) is 5.11 Å². The van der Waals surface area contributed by atoms with Gasteiger partial charge in [0.2, 0.25) is 0 Å². The lowest BCUT2D eigenvalue weighted by atomic mass is 9.77. The summed E-state index contributed by atoms with van der Waals surface area (Å²) >= 11 is 0. The van der Waals surface area contributed by atoms with Crippen molar-refractivity contribution in [1.29, 1.82) is 0 Å². The van der Waals surface area contributed by atoms with E-state index in [1.54, 1.807) is 0 Å². The molecule has 2 nitrogen and oxygen atoms in total. The highest BCUT2D eigenvalue weighted by atomic mass is 16.3. The minimum absolute atomic E-state index is 0.135. The largest absolute Gasteiger partial charge is 0.391 e. The lowest BCUT2D eigenvalue weighted by Gasteiger charge is -2.36. The Labute approximate surface area is 75.4 Å². The Morgan fingerprint density at radius 2 is 2.00 bits per heavy atom. The molecule has 0 aromatic carbocycles. The van der Waals surface area contributed by atoms with Gasteiger partial charge in [0, 0.05) is 6.04 Å². The van der Waals surface area contributed by atoms with Crippen molar-refractivity contribution < 1.29 is 5.11 Å². The summed E-state index contributed by atoms with van der Waals surface area (Å²) < 4.78 is 0. The standard InChI is InChI=1S/C10H21NO/c1-7(2)8-5-4-6-9(11-3)10(8)12/h7-12H,4-6H2,1-3H3/t8?,9-,10-/m1/s1. The van der Waals surface area contributed by atoms with Crippen LogP contribution in [0.25, 0.3) is 0 Å². The summed E-state index contributed by atoms with van der Waals surface area (Å²) in [5.74, 6) is 1.10. The third kappa shape index (κ3) is 1.99. The molecule has 0 aromatic heterocycles. The first-order chi connectivity index (χ1) is 5.66. The molecule has 3 atom stereocenters. The molecule has 0 bridgehead atoms. The molecule has 1 saturated carbocycles. The fourth-order valence-corrected chi connectivity index (χ4v) is 2.26. The molecule has 1 rings (SSSR count). The molecule has 12 heavy (non-hydrogen) atoms. The van der Waals surface area contributed by atoms with Gasteiger partial charge in [-0.1, -0.05) is 20.3 Å². The highest BCUT2D eigenvalue weighted by molar-refractivity contribution is 4.86. The van der Waals surface area contributed by atoms with Gasteiger partial charge in [-0.2, -0.15) is 0 Å². The topological polar surface area (TPSA) is 32.3 Å². The van der Waals surface area contributed by atoms with Gasteiger partial charge in [-0.3, -0.25) is 0 Å². The van der Waals surface area contributed by atoms with Crippen LogP contribution in [0.2, 0.25) is 0 Å². The zero-order chi connectivity index (χ0) is 9.14. The molecule has 0 spiro atoms. The normalized spacial score (nSPS) is 37.2. The minimum Gasteiger partial charge on any atom is -0.391 e. The highest BCUT2D eigenvalue weighted by Crippen LogP contribution is 2.30. The number of likely N-dealkylation sites (N-methyl/N-ethyl adjacent to an activating group) is 1. The Morgan fingerprint density at radius 3 is 2.50 bits per heavy atom. The first-order valence-electron chi connectivity index (χ1n) is 5.02. The van der Waals surface area contributed by atoms with Crippen molar-refractivity contribution in [3.63, 3.8) is 0 Å². The SMILES string of the molecule is CN[C@@H]1CCCC(C(C)C)[C@H]1O. The van der Waals surface area contributed by atoms with E-state index >= 15 is 0 Å². The number of aliphatic hydroxyl groups excluding tert-OH is 1. The second-order valence-corrected chi connectivity index (χ2v) is 4.22. The minimum atomic E-state index is -0.135. The molecule has 2 N–H and O–H groups in total. The smallest absolute Gasteiger partial charge is 0.0723 e. The van der Waals surface area contributed by atoms with Crippen molar-refractivity contribution in [1.82, 2.24) is 5.32 Å². The molecule has 0 heterocycles. The van der Waals surface area contributed by atoms with Gasteiger partial charge >= 0.3 is 0 Å². The van der Waals surface area contributed by atoms with Crippen LogP contribution in [0.4, 0.5) is 0 Å². The van der Waals surface area contributed by atoms with E-state index in [0.717, 1.165) is 6.42 Å². The van der Waals surface area contributed by atoms with E-state index in [0.29, 0.717) is 17.9 Å². The zero-order valence-corrected chi connectivity index (χ0v) is 8.38. The van der Waals surface area contributed by atoms with Gasteiger partial charge in [-0.15, -0.1) is 0 Å². The third-order valence-electron chi connectivity index (χ3n) is 3.13. The van der Waals surface area contributed by atoms with E-state index in [-0.39, 0.29) is 6.10 Å². The van der Waals surface area contributed by atoms with E-state index in [2.05, 4.69) is 19.2 Å². The second-order valence-electron chi connectivity index (χ2n) is 4.22. The molecule has 0 aliphatic heterocycles. The molecule has 0 aromatic rings. The number of nitrogens with one attached hydrogen (secondary N) is 1. The summed E-state index contributed by atoms with van der Waals surface area (Å²) in [6, 6.07) is 0.325. The van der Waals surface area contributed by atoms with E-state index in [1.807, 2.05) is 7.05 Å². The van der Waals surface area contributed by atoms with Crippen molar-refractivity contribution in [2.75, 3.05) is 7.05 Å². The predicted molar refractivity (Wildman–Crippen MR) is 51.0 cm³/mol. The number of hydrogen-bond donors (Lipinski definition) is 2. The van der Waals surface area contributed by atoms with Crippen LogP contribution in [0.1, 0.15) is 33.1 Å². The Morgan fingerprint density at radius 1 is 1.33 bits per heavy atom. The first kappa shape index (κ1) is 10.0. The molecule has 0 radical (unpaired) electrons. The van der Waals surface area contributed by atoms with Crippen LogP contribution in [0.15, 0.2) is 0 Å². The maximum atomic E-state index is 9.94. The third-order valence-corrected chi connectivity index (χ3v) is 3.13. The van der Waals surface area contributed by atoms with Gasteiger partial charge in [0.25, 0.3) is 0 Å². The van der Waals surface area contributed by atoms with E-state index in [1.165, 1.54) is 12.8 Å². The van der Waals surface area contributed by atoms with Crippen LogP contribution in [-0.2, 0) is 0 Å². The molecular weight excluding hydrogens is 150 g/mol. The van der Waals surface area contributed by atoms with Gasteiger partial charge in [0.15, 0.2) is 0 Å². The Kier molecular flexibility index (Phi) is 3.53. The summed E-state index contributed by atoms with van der Waals surface area (Å²) in [4.78, 5) is 0. The summed E-state index contributed by atoms with van der Waals surface area (Å²) in [6.07, 6.45) is 3.44. The average molecular weight is 171 g/mol.